The van der Waals surface area contributed by atoms with Gasteiger partial charge in [-0.25, -0.2) is 4.98 Å². The zero-order valence-corrected chi connectivity index (χ0v) is 22.5. The van der Waals surface area contributed by atoms with E-state index in [0.717, 1.165) is 44.8 Å². The summed E-state index contributed by atoms with van der Waals surface area (Å²) in [5, 5.41) is 5.19. The zero-order valence-electron chi connectivity index (χ0n) is 21.7. The SMILES string of the molecule is COCCN1CCc2ccc(Nc3ncc(Cl)c(NN(CC(C)C)C(=O)c4ccccc4)n3)cc2CC1. The molecular formula is C28H35ClN6O2. The Balaban J connectivity index is 1.49. The first-order valence-electron chi connectivity index (χ1n) is 12.7. The highest BCUT2D eigenvalue weighted by atomic mass is 35.5. The van der Waals surface area contributed by atoms with Crippen LogP contribution < -0.4 is 10.7 Å². The average molecular weight is 523 g/mol. The minimum absolute atomic E-state index is 0.149. The number of carbonyl (C=O) groups excluding carboxylic acids is 1. The standard InChI is InChI=1S/C28H35ClN6O2/c1-20(2)19-35(27(36)22-7-5-4-6-8-22)33-26-25(29)18-30-28(32-26)31-24-10-9-21-11-13-34(15-16-37-3)14-12-23(21)17-24/h4-10,17-18,20H,11-16,19H2,1-3H3,(H2,30,31,32,33). The van der Waals surface area contributed by atoms with Crippen molar-refractivity contribution >= 4 is 35.0 Å². The number of anilines is 3. The molecule has 0 saturated heterocycles. The molecule has 1 aromatic heterocycles. The van der Waals surface area contributed by atoms with E-state index in [-0.39, 0.29) is 11.8 Å². The van der Waals surface area contributed by atoms with E-state index in [1.165, 1.54) is 17.3 Å². The maximum Gasteiger partial charge on any atom is 0.272 e. The summed E-state index contributed by atoms with van der Waals surface area (Å²) in [6, 6.07) is 15.6. The molecule has 2 heterocycles. The Labute approximate surface area is 224 Å². The first kappa shape index (κ1) is 26.9. The Hall–Kier alpha value is -3.20. The smallest absolute Gasteiger partial charge is 0.272 e. The third-order valence-electron chi connectivity index (χ3n) is 6.27. The van der Waals surface area contributed by atoms with Crippen molar-refractivity contribution in [3.05, 3.63) is 76.4 Å². The van der Waals surface area contributed by atoms with Crippen LogP contribution in [0.3, 0.4) is 0 Å². The van der Waals surface area contributed by atoms with Gasteiger partial charge in [-0.1, -0.05) is 49.7 Å². The fraction of sp³-hybridized carbons (Fsp3) is 0.393. The van der Waals surface area contributed by atoms with Crippen LogP contribution in [0.2, 0.25) is 5.02 Å². The molecule has 0 aliphatic carbocycles. The van der Waals surface area contributed by atoms with Crippen LogP contribution in [0.25, 0.3) is 0 Å². The Bertz CT molecular complexity index is 1190. The molecule has 0 saturated carbocycles. The van der Waals surface area contributed by atoms with Crippen molar-refractivity contribution in [3.63, 3.8) is 0 Å². The lowest BCUT2D eigenvalue weighted by atomic mass is 10.0. The minimum atomic E-state index is -0.149. The number of nitrogens with one attached hydrogen (secondary N) is 2. The fourth-order valence-electron chi connectivity index (χ4n) is 4.34. The molecule has 0 bridgehead atoms. The van der Waals surface area contributed by atoms with E-state index >= 15 is 0 Å². The Morgan fingerprint density at radius 3 is 2.62 bits per heavy atom. The van der Waals surface area contributed by atoms with Gasteiger partial charge in [0, 0.05) is 44.5 Å². The number of hydrazine groups is 1. The Morgan fingerprint density at radius 1 is 1.14 bits per heavy atom. The summed E-state index contributed by atoms with van der Waals surface area (Å²) in [6.45, 7) is 8.33. The van der Waals surface area contributed by atoms with Crippen LogP contribution in [0.1, 0.15) is 35.3 Å². The molecule has 2 aromatic carbocycles. The summed E-state index contributed by atoms with van der Waals surface area (Å²) in [4.78, 5) is 24.6. The third-order valence-corrected chi connectivity index (χ3v) is 6.54. The highest BCUT2D eigenvalue weighted by Gasteiger charge is 2.20. The van der Waals surface area contributed by atoms with E-state index in [1.807, 2.05) is 18.2 Å². The number of amides is 1. The molecule has 9 heteroatoms. The number of aromatic nitrogens is 2. The summed E-state index contributed by atoms with van der Waals surface area (Å²) < 4.78 is 5.24. The van der Waals surface area contributed by atoms with Crippen molar-refractivity contribution in [1.29, 1.82) is 0 Å². The largest absolute Gasteiger partial charge is 0.383 e. The van der Waals surface area contributed by atoms with Crippen LogP contribution in [0, 0.1) is 5.92 Å². The summed E-state index contributed by atoms with van der Waals surface area (Å²) in [7, 11) is 1.74. The molecule has 0 unspecified atom stereocenters. The first-order chi connectivity index (χ1) is 17.9. The topological polar surface area (TPSA) is 82.6 Å². The molecule has 1 aliphatic heterocycles. The summed E-state index contributed by atoms with van der Waals surface area (Å²) in [6.07, 6.45) is 3.54. The first-order valence-corrected chi connectivity index (χ1v) is 13.1. The predicted octanol–water partition coefficient (Wildman–Crippen LogP) is 5.05. The quantitative estimate of drug-likeness (QED) is 0.361. The van der Waals surface area contributed by atoms with Crippen LogP contribution in [-0.4, -0.2) is 65.7 Å². The third kappa shape index (κ3) is 7.41. The molecule has 1 amide bonds. The molecule has 0 fully saturated rings. The molecule has 0 atom stereocenters. The zero-order chi connectivity index (χ0) is 26.2. The van der Waals surface area contributed by atoms with E-state index in [0.29, 0.717) is 28.9 Å². The van der Waals surface area contributed by atoms with Crippen molar-refractivity contribution in [3.8, 4) is 0 Å². The van der Waals surface area contributed by atoms with Crippen molar-refractivity contribution in [2.75, 3.05) is 50.6 Å². The van der Waals surface area contributed by atoms with Crippen molar-refractivity contribution in [2.24, 2.45) is 5.92 Å². The number of nitrogens with zero attached hydrogens (tertiary/aromatic N) is 4. The number of rotatable bonds is 10. The minimum Gasteiger partial charge on any atom is -0.383 e. The van der Waals surface area contributed by atoms with Gasteiger partial charge in [-0.3, -0.25) is 15.2 Å². The monoisotopic (exact) mass is 522 g/mol. The highest BCUT2D eigenvalue weighted by Crippen LogP contribution is 2.25. The average Bonchev–Trinajstić information content (AvgIpc) is 3.10. The molecular weight excluding hydrogens is 488 g/mol. The van der Waals surface area contributed by atoms with E-state index in [2.05, 4.69) is 57.7 Å². The van der Waals surface area contributed by atoms with Crippen LogP contribution in [0.5, 0.6) is 0 Å². The van der Waals surface area contributed by atoms with Gasteiger partial charge in [0.1, 0.15) is 5.02 Å². The second-order valence-electron chi connectivity index (χ2n) is 9.62. The highest BCUT2D eigenvalue weighted by molar-refractivity contribution is 6.32. The number of halogens is 1. The van der Waals surface area contributed by atoms with Gasteiger partial charge < -0.3 is 15.0 Å². The number of hydrogen-bond acceptors (Lipinski definition) is 7. The van der Waals surface area contributed by atoms with Gasteiger partial charge in [0.05, 0.1) is 12.8 Å². The summed E-state index contributed by atoms with van der Waals surface area (Å²) >= 11 is 6.43. The molecule has 0 radical (unpaired) electrons. The van der Waals surface area contributed by atoms with Gasteiger partial charge in [-0.05, 0) is 54.2 Å². The molecule has 0 spiro atoms. The normalized spacial score (nSPS) is 13.6. The maximum atomic E-state index is 13.2. The van der Waals surface area contributed by atoms with Crippen LogP contribution in [0.4, 0.5) is 17.5 Å². The maximum absolute atomic E-state index is 13.2. The number of ether oxygens (including phenoxy) is 1. The lowest BCUT2D eigenvalue weighted by Gasteiger charge is -2.26. The number of fused-ring (bicyclic) bond motifs is 1. The lowest BCUT2D eigenvalue weighted by molar-refractivity contribution is 0.0776. The van der Waals surface area contributed by atoms with Crippen molar-refractivity contribution in [2.45, 2.75) is 26.7 Å². The molecule has 1 aliphatic rings. The molecule has 196 valence electrons. The van der Waals surface area contributed by atoms with E-state index in [4.69, 9.17) is 16.3 Å². The van der Waals surface area contributed by atoms with Crippen LogP contribution in [0.15, 0.2) is 54.7 Å². The molecule has 8 nitrogen and oxygen atoms in total. The van der Waals surface area contributed by atoms with Crippen molar-refractivity contribution < 1.29 is 9.53 Å². The van der Waals surface area contributed by atoms with Crippen LogP contribution in [-0.2, 0) is 17.6 Å². The lowest BCUT2D eigenvalue weighted by Crippen LogP contribution is -2.39. The second-order valence-corrected chi connectivity index (χ2v) is 10.0. The molecule has 3 aromatic rings. The van der Waals surface area contributed by atoms with Gasteiger partial charge in [-0.2, -0.15) is 4.98 Å². The van der Waals surface area contributed by atoms with Crippen LogP contribution >= 0.6 is 11.6 Å². The summed E-state index contributed by atoms with van der Waals surface area (Å²) in [5.41, 5.74) is 7.33. The van der Waals surface area contributed by atoms with E-state index in [1.54, 1.807) is 24.3 Å². The Kier molecular flexibility index (Phi) is 9.33. The van der Waals surface area contributed by atoms with Crippen molar-refractivity contribution in [1.82, 2.24) is 19.9 Å². The second kappa shape index (κ2) is 12.9. The van der Waals surface area contributed by atoms with Gasteiger partial charge in [0.15, 0.2) is 5.82 Å². The van der Waals surface area contributed by atoms with E-state index in [9.17, 15) is 4.79 Å². The number of methoxy groups -OCH3 is 1. The number of benzene rings is 2. The van der Waals surface area contributed by atoms with Gasteiger partial charge >= 0.3 is 0 Å². The molecule has 4 rings (SSSR count). The van der Waals surface area contributed by atoms with Gasteiger partial charge in [0.2, 0.25) is 5.95 Å². The number of hydrogen-bond donors (Lipinski definition) is 2. The predicted molar refractivity (Wildman–Crippen MR) is 148 cm³/mol. The Morgan fingerprint density at radius 2 is 1.89 bits per heavy atom. The number of carbonyl (C=O) groups is 1. The summed E-state index contributed by atoms with van der Waals surface area (Å²) in [5.74, 6) is 0.860. The van der Waals surface area contributed by atoms with Gasteiger partial charge in [0.25, 0.3) is 5.91 Å². The van der Waals surface area contributed by atoms with E-state index < -0.39 is 0 Å². The fourth-order valence-corrected chi connectivity index (χ4v) is 4.47. The molecule has 37 heavy (non-hydrogen) atoms. The van der Waals surface area contributed by atoms with Gasteiger partial charge in [-0.15, -0.1) is 0 Å². The molecule has 2 N–H and O–H groups in total.